The van der Waals surface area contributed by atoms with Crippen LogP contribution in [0.15, 0.2) is 36.4 Å². The molecule has 2 saturated heterocycles. The number of alkyl halides is 3. The molecule has 2 aromatic carbocycles. The number of rotatable bonds is 15. The van der Waals surface area contributed by atoms with Crippen LogP contribution in [0.3, 0.4) is 0 Å². The van der Waals surface area contributed by atoms with Crippen molar-refractivity contribution in [2.24, 2.45) is 5.41 Å². The molecule has 4 aliphatic rings. The lowest BCUT2D eigenvalue weighted by Crippen LogP contribution is -2.59. The minimum Gasteiger partial charge on any atom is -0.506 e. The summed E-state index contributed by atoms with van der Waals surface area (Å²) in [5.41, 5.74) is 3.18. The van der Waals surface area contributed by atoms with Gasteiger partial charge in [0.25, 0.3) is 5.91 Å². The monoisotopic (exact) mass is 875 g/mol. The maximum absolute atomic E-state index is 13.5. The standard InChI is InChI=1S/C43H63N5O7.C2HF3O2/c1-42(2,3)41(52)47-24-27-55-43(31-47)17-21-46(22-18-43)29-33-9-7-8-32(28-33)15-25-53-26-16-38(51)48(35-10-5-4-6-11-35)23-20-44-19-14-34-12-13-36(49)39-40(34)54-30-37(50)45-39;3-2(4,5)1(6)7/h7-9,12-13,28,35,44,49H,4-6,10-11,14-27,29-31H2,1-3H3,(H,45,50);(H,6,7). The number of carbonyl (C=O) groups is 4. The zero-order valence-corrected chi connectivity index (χ0v) is 36.3. The molecule has 0 radical (unpaired) electrons. The molecule has 14 nitrogen and oxygen atoms in total. The number of carbonyl (C=O) groups excluding carboxylic acids is 3. The number of likely N-dealkylation sites (tertiary alicyclic amines) is 1. The van der Waals surface area contributed by atoms with E-state index in [2.05, 4.69) is 44.7 Å². The number of halogens is 3. The maximum atomic E-state index is 13.5. The maximum Gasteiger partial charge on any atom is 0.490 e. The van der Waals surface area contributed by atoms with Crippen molar-refractivity contribution in [1.29, 1.82) is 0 Å². The van der Waals surface area contributed by atoms with Crippen molar-refractivity contribution in [3.05, 3.63) is 53.1 Å². The van der Waals surface area contributed by atoms with Gasteiger partial charge in [-0.3, -0.25) is 19.3 Å². The second-order valence-electron chi connectivity index (χ2n) is 17.7. The number of anilines is 1. The Kier molecular flexibility index (Phi) is 17.4. The normalized spacial score (nSPS) is 18.2. The molecule has 344 valence electrons. The minimum atomic E-state index is -5.08. The summed E-state index contributed by atoms with van der Waals surface area (Å²) >= 11 is 0. The van der Waals surface area contributed by atoms with Crippen LogP contribution in [0.1, 0.15) is 88.8 Å². The second kappa shape index (κ2) is 22.3. The van der Waals surface area contributed by atoms with Gasteiger partial charge in [-0.15, -0.1) is 0 Å². The van der Waals surface area contributed by atoms with Gasteiger partial charge in [-0.25, -0.2) is 4.79 Å². The molecule has 3 amide bonds. The summed E-state index contributed by atoms with van der Waals surface area (Å²) in [6.45, 7) is 13.7. The summed E-state index contributed by atoms with van der Waals surface area (Å²) in [7, 11) is 0. The minimum absolute atomic E-state index is 0.00248. The largest absolute Gasteiger partial charge is 0.506 e. The molecule has 3 fully saturated rings. The van der Waals surface area contributed by atoms with Gasteiger partial charge in [-0.2, -0.15) is 13.2 Å². The molecule has 1 spiro atoms. The molecular formula is C45H64F3N5O9. The zero-order valence-electron chi connectivity index (χ0n) is 36.3. The molecule has 3 heterocycles. The lowest BCUT2D eigenvalue weighted by molar-refractivity contribution is -0.192. The number of carboxylic acid groups (broad SMARTS) is 1. The Morgan fingerprint density at radius 1 is 0.984 bits per heavy atom. The Hall–Kier alpha value is -4.45. The van der Waals surface area contributed by atoms with E-state index in [0.717, 1.165) is 70.1 Å². The second-order valence-corrected chi connectivity index (χ2v) is 17.7. The lowest BCUT2D eigenvalue weighted by atomic mass is 9.87. The van der Waals surface area contributed by atoms with E-state index < -0.39 is 12.1 Å². The molecular weight excluding hydrogens is 812 g/mol. The lowest BCUT2D eigenvalue weighted by Gasteiger charge is -2.48. The van der Waals surface area contributed by atoms with E-state index in [1.165, 1.54) is 17.5 Å². The fourth-order valence-corrected chi connectivity index (χ4v) is 8.51. The molecule has 17 heteroatoms. The van der Waals surface area contributed by atoms with Crippen LogP contribution in [0.5, 0.6) is 11.5 Å². The Labute approximate surface area is 362 Å². The SMILES string of the molecule is CC(C)(C)C(=O)N1CCOC2(CCN(Cc3cccc(CCOCCC(=O)N(CCNCCc4ccc(O)c5c4OCC(=O)N5)C4CCCCC4)c3)CC2)C1.O=C(O)C(F)(F)F. The van der Waals surface area contributed by atoms with E-state index >= 15 is 0 Å². The molecule has 2 aromatic rings. The first kappa shape index (κ1) is 48.6. The Balaban J connectivity index is 0.000000955. The summed E-state index contributed by atoms with van der Waals surface area (Å²) in [6, 6.07) is 12.4. The third-order valence-electron chi connectivity index (χ3n) is 11.8. The number of ether oxygens (including phenoxy) is 3. The first-order valence-electron chi connectivity index (χ1n) is 21.8. The Morgan fingerprint density at radius 3 is 2.39 bits per heavy atom. The van der Waals surface area contributed by atoms with Crippen molar-refractivity contribution in [3.63, 3.8) is 0 Å². The molecule has 0 atom stereocenters. The molecule has 1 aliphatic carbocycles. The number of carboxylic acids is 1. The van der Waals surface area contributed by atoms with E-state index in [4.69, 9.17) is 24.1 Å². The van der Waals surface area contributed by atoms with Crippen LogP contribution in [0.25, 0.3) is 0 Å². The highest BCUT2D eigenvalue weighted by molar-refractivity contribution is 5.97. The van der Waals surface area contributed by atoms with Gasteiger partial charge in [0.2, 0.25) is 11.8 Å². The molecule has 1 saturated carbocycles. The summed E-state index contributed by atoms with van der Waals surface area (Å²) < 4.78 is 49.7. The smallest absolute Gasteiger partial charge is 0.490 e. The molecule has 0 aromatic heterocycles. The average molecular weight is 876 g/mol. The number of aromatic hydroxyl groups is 1. The zero-order chi connectivity index (χ0) is 44.9. The van der Waals surface area contributed by atoms with E-state index in [-0.39, 0.29) is 47.1 Å². The molecule has 3 aliphatic heterocycles. The van der Waals surface area contributed by atoms with E-state index in [0.29, 0.717) is 76.8 Å². The number of phenols is 1. The number of nitrogens with zero attached hydrogens (tertiary/aromatic N) is 3. The summed E-state index contributed by atoms with van der Waals surface area (Å²) in [6.07, 6.45) is 4.28. The third-order valence-corrected chi connectivity index (χ3v) is 11.8. The number of phenolic OH excluding ortho intramolecular Hbond substituents is 1. The van der Waals surface area contributed by atoms with Crippen molar-refractivity contribution in [2.45, 2.75) is 109 Å². The van der Waals surface area contributed by atoms with Crippen LogP contribution in [0, 0.1) is 5.41 Å². The van der Waals surface area contributed by atoms with Gasteiger partial charge in [0.1, 0.15) is 11.4 Å². The summed E-state index contributed by atoms with van der Waals surface area (Å²) in [5.74, 6) is -2.14. The van der Waals surface area contributed by atoms with E-state index in [9.17, 15) is 32.7 Å². The number of piperidine rings is 1. The number of morpholine rings is 1. The van der Waals surface area contributed by atoms with Gasteiger partial charge in [0, 0.05) is 57.3 Å². The van der Waals surface area contributed by atoms with Crippen molar-refractivity contribution in [2.75, 3.05) is 77.6 Å². The summed E-state index contributed by atoms with van der Waals surface area (Å²) in [5, 5.41) is 23.4. The van der Waals surface area contributed by atoms with Crippen molar-refractivity contribution < 1.29 is 56.8 Å². The average Bonchev–Trinajstić information content (AvgIpc) is 3.23. The van der Waals surface area contributed by atoms with Crippen molar-refractivity contribution in [1.82, 2.24) is 20.0 Å². The molecule has 0 bridgehead atoms. The van der Waals surface area contributed by atoms with E-state index in [1.807, 2.05) is 31.7 Å². The molecule has 6 rings (SSSR count). The van der Waals surface area contributed by atoms with Gasteiger partial charge in [0.05, 0.1) is 31.8 Å². The van der Waals surface area contributed by atoms with Gasteiger partial charge in [-0.05, 0) is 67.8 Å². The molecule has 4 N–H and O–H groups in total. The number of fused-ring (bicyclic) bond motifs is 1. The fourth-order valence-electron chi connectivity index (χ4n) is 8.51. The van der Waals surface area contributed by atoms with Crippen LogP contribution in [0.4, 0.5) is 18.9 Å². The fraction of sp³-hybridized carbons (Fsp3) is 0.644. The third kappa shape index (κ3) is 14.3. The van der Waals surface area contributed by atoms with Crippen LogP contribution in [-0.2, 0) is 48.0 Å². The molecule has 0 unspecified atom stereocenters. The van der Waals surface area contributed by atoms with Gasteiger partial charge in [-0.1, -0.05) is 70.4 Å². The predicted octanol–water partition coefficient (Wildman–Crippen LogP) is 5.54. The topological polar surface area (TPSA) is 170 Å². The van der Waals surface area contributed by atoms with Gasteiger partial charge in [0.15, 0.2) is 12.4 Å². The number of hydrogen-bond acceptors (Lipinski definition) is 10. The Morgan fingerprint density at radius 2 is 1.69 bits per heavy atom. The quantitative estimate of drug-likeness (QED) is 0.131. The molecule has 62 heavy (non-hydrogen) atoms. The van der Waals surface area contributed by atoms with Crippen LogP contribution < -0.4 is 15.4 Å². The van der Waals surface area contributed by atoms with Gasteiger partial charge >= 0.3 is 12.1 Å². The highest BCUT2D eigenvalue weighted by Gasteiger charge is 2.43. The number of hydrogen-bond donors (Lipinski definition) is 4. The van der Waals surface area contributed by atoms with Gasteiger partial charge < -0.3 is 44.9 Å². The summed E-state index contributed by atoms with van der Waals surface area (Å²) in [4.78, 5) is 53.7. The Bertz CT molecular complexity index is 1820. The van der Waals surface area contributed by atoms with Crippen molar-refractivity contribution >= 4 is 29.4 Å². The van der Waals surface area contributed by atoms with Crippen LogP contribution in [-0.4, -0.2) is 139 Å². The number of aliphatic carboxylic acids is 1. The highest BCUT2D eigenvalue weighted by atomic mass is 19.4. The number of amides is 3. The van der Waals surface area contributed by atoms with Crippen LogP contribution >= 0.6 is 0 Å². The van der Waals surface area contributed by atoms with Crippen LogP contribution in [0.2, 0.25) is 0 Å². The van der Waals surface area contributed by atoms with E-state index in [1.54, 1.807) is 6.07 Å². The highest BCUT2D eigenvalue weighted by Crippen LogP contribution is 2.39. The van der Waals surface area contributed by atoms with Crippen molar-refractivity contribution in [3.8, 4) is 11.5 Å². The number of benzene rings is 2. The number of nitrogens with one attached hydrogen (secondary N) is 2. The predicted molar refractivity (Wildman–Crippen MR) is 226 cm³/mol. The first-order valence-corrected chi connectivity index (χ1v) is 21.8. The first-order chi connectivity index (χ1) is 29.4.